The van der Waals surface area contributed by atoms with Gasteiger partial charge in [0.2, 0.25) is 10.0 Å². The number of amides is 1. The number of carbonyl (C=O) groups excluding carboxylic acids is 1. The van der Waals surface area contributed by atoms with E-state index in [1.807, 2.05) is 30.3 Å². The number of rotatable bonds is 4. The molecule has 1 aliphatic rings. The van der Waals surface area contributed by atoms with Crippen LogP contribution in [-0.2, 0) is 10.0 Å². The van der Waals surface area contributed by atoms with Gasteiger partial charge in [-0.2, -0.15) is 4.31 Å². The normalized spacial score (nSPS) is 15.9. The number of hydrogen-bond donors (Lipinski definition) is 0. The van der Waals surface area contributed by atoms with E-state index in [-0.39, 0.29) is 23.1 Å². The number of hydrogen-bond acceptors (Lipinski definition) is 7. The summed E-state index contributed by atoms with van der Waals surface area (Å²) < 4.78 is 32.6. The van der Waals surface area contributed by atoms with Gasteiger partial charge in [0.15, 0.2) is 5.76 Å². The van der Waals surface area contributed by atoms with E-state index in [2.05, 4.69) is 10.1 Å². The van der Waals surface area contributed by atoms with Gasteiger partial charge in [-0.25, -0.2) is 13.4 Å². The van der Waals surface area contributed by atoms with Crippen LogP contribution in [-0.4, -0.2) is 59.8 Å². The zero-order chi connectivity index (χ0) is 21.3. The molecular formula is C20H22N4O4S2. The van der Waals surface area contributed by atoms with Gasteiger partial charge in [0.05, 0.1) is 0 Å². The van der Waals surface area contributed by atoms with Crippen molar-refractivity contribution in [2.75, 3.05) is 26.2 Å². The maximum atomic E-state index is 13.1. The zero-order valence-electron chi connectivity index (χ0n) is 16.7. The predicted octanol–water partition coefficient (Wildman–Crippen LogP) is 2.95. The monoisotopic (exact) mass is 446 g/mol. The fourth-order valence-electron chi connectivity index (χ4n) is 3.56. The van der Waals surface area contributed by atoms with Gasteiger partial charge in [-0.3, -0.25) is 4.79 Å². The molecule has 0 spiro atoms. The molecule has 30 heavy (non-hydrogen) atoms. The molecule has 4 rings (SSSR count). The first-order valence-corrected chi connectivity index (χ1v) is 11.9. The molecule has 158 valence electrons. The van der Waals surface area contributed by atoms with E-state index in [1.54, 1.807) is 24.1 Å². The minimum Gasteiger partial charge on any atom is -0.360 e. The molecule has 1 aliphatic heterocycles. The molecule has 3 heterocycles. The van der Waals surface area contributed by atoms with Crippen molar-refractivity contribution in [3.63, 3.8) is 0 Å². The van der Waals surface area contributed by atoms with Gasteiger partial charge < -0.3 is 9.42 Å². The maximum Gasteiger partial charge on any atom is 0.273 e. The fraction of sp³-hybridized carbons (Fsp3) is 0.350. The van der Waals surface area contributed by atoms with Crippen LogP contribution in [0.2, 0.25) is 0 Å². The van der Waals surface area contributed by atoms with Crippen molar-refractivity contribution in [2.24, 2.45) is 0 Å². The van der Waals surface area contributed by atoms with E-state index in [0.717, 1.165) is 10.6 Å². The molecule has 0 aliphatic carbocycles. The van der Waals surface area contributed by atoms with E-state index in [0.29, 0.717) is 37.4 Å². The Labute approximate surface area is 179 Å². The fourth-order valence-corrected chi connectivity index (χ4v) is 6.12. The number of carbonyl (C=O) groups is 1. The lowest BCUT2D eigenvalue weighted by atomic mass is 10.2. The average molecular weight is 447 g/mol. The van der Waals surface area contributed by atoms with Gasteiger partial charge in [0.25, 0.3) is 5.91 Å². The molecule has 1 saturated heterocycles. The number of thiazole rings is 1. The van der Waals surface area contributed by atoms with Crippen molar-refractivity contribution >= 4 is 27.3 Å². The summed E-state index contributed by atoms with van der Waals surface area (Å²) in [6, 6.07) is 9.71. The summed E-state index contributed by atoms with van der Waals surface area (Å²) in [6.45, 7) is 4.54. The van der Waals surface area contributed by atoms with E-state index >= 15 is 0 Å². The summed E-state index contributed by atoms with van der Waals surface area (Å²) in [5, 5.41) is 6.30. The molecule has 3 aromatic rings. The Kier molecular flexibility index (Phi) is 5.72. The lowest BCUT2D eigenvalue weighted by Gasteiger charge is -2.21. The molecule has 0 radical (unpaired) electrons. The van der Waals surface area contributed by atoms with Crippen LogP contribution in [0.4, 0.5) is 0 Å². The van der Waals surface area contributed by atoms with Crippen molar-refractivity contribution in [1.29, 1.82) is 0 Å². The zero-order valence-corrected chi connectivity index (χ0v) is 18.4. The third-order valence-electron chi connectivity index (χ3n) is 5.05. The molecule has 1 fully saturated rings. The first-order valence-electron chi connectivity index (χ1n) is 9.61. The van der Waals surface area contributed by atoms with Gasteiger partial charge in [-0.1, -0.05) is 35.5 Å². The molecule has 0 unspecified atom stereocenters. The molecule has 2 aromatic heterocycles. The molecule has 0 bridgehead atoms. The SMILES string of the molecule is Cc1noc(C)c1S(=O)(=O)N1CCCN(C(=O)c2csc(-c3ccccc3)n2)CC1. The Morgan fingerprint density at radius 3 is 2.57 bits per heavy atom. The van der Waals surface area contributed by atoms with Crippen molar-refractivity contribution in [3.8, 4) is 10.6 Å². The summed E-state index contributed by atoms with van der Waals surface area (Å²) in [5.41, 5.74) is 1.70. The summed E-state index contributed by atoms with van der Waals surface area (Å²) in [6.07, 6.45) is 0.546. The van der Waals surface area contributed by atoms with Crippen molar-refractivity contribution in [3.05, 3.63) is 52.9 Å². The summed E-state index contributed by atoms with van der Waals surface area (Å²) in [4.78, 5) is 19.3. The number of sulfonamides is 1. The van der Waals surface area contributed by atoms with Gasteiger partial charge in [-0.15, -0.1) is 11.3 Å². The Morgan fingerprint density at radius 2 is 1.87 bits per heavy atom. The highest BCUT2D eigenvalue weighted by atomic mass is 32.2. The van der Waals surface area contributed by atoms with Gasteiger partial charge in [0, 0.05) is 37.1 Å². The second kappa shape index (κ2) is 8.29. The third-order valence-corrected chi connectivity index (χ3v) is 8.09. The highest BCUT2D eigenvalue weighted by molar-refractivity contribution is 7.89. The van der Waals surface area contributed by atoms with E-state index in [9.17, 15) is 13.2 Å². The standard InChI is InChI=1S/C20H22N4O4S2/c1-14-18(15(2)28-22-14)30(26,27)24-10-6-9-23(11-12-24)20(25)17-13-29-19(21-17)16-7-4-3-5-8-16/h3-5,7-8,13H,6,9-12H2,1-2H3. The van der Waals surface area contributed by atoms with Crippen LogP contribution in [0.5, 0.6) is 0 Å². The van der Waals surface area contributed by atoms with E-state index in [1.165, 1.54) is 15.6 Å². The predicted molar refractivity (Wildman–Crippen MR) is 113 cm³/mol. The first-order chi connectivity index (χ1) is 14.4. The van der Waals surface area contributed by atoms with Crippen LogP contribution in [0.3, 0.4) is 0 Å². The number of benzene rings is 1. The summed E-state index contributed by atoms with van der Waals surface area (Å²) in [7, 11) is -3.72. The van der Waals surface area contributed by atoms with Crippen LogP contribution >= 0.6 is 11.3 Å². The van der Waals surface area contributed by atoms with Gasteiger partial charge >= 0.3 is 0 Å². The smallest absolute Gasteiger partial charge is 0.273 e. The van der Waals surface area contributed by atoms with Gasteiger partial charge in [-0.05, 0) is 20.3 Å². The maximum absolute atomic E-state index is 13.1. The highest BCUT2D eigenvalue weighted by Crippen LogP contribution is 2.26. The van der Waals surface area contributed by atoms with Crippen molar-refractivity contribution < 1.29 is 17.7 Å². The van der Waals surface area contributed by atoms with Crippen LogP contribution in [0.25, 0.3) is 10.6 Å². The topological polar surface area (TPSA) is 96.6 Å². The van der Waals surface area contributed by atoms with E-state index in [4.69, 9.17) is 4.52 Å². The lowest BCUT2D eigenvalue weighted by Crippen LogP contribution is -2.37. The quantitative estimate of drug-likeness (QED) is 0.611. The number of nitrogens with zero attached hydrogens (tertiary/aromatic N) is 4. The van der Waals surface area contributed by atoms with Crippen LogP contribution in [0.15, 0.2) is 45.1 Å². The first kappa shape index (κ1) is 20.7. The molecule has 0 atom stereocenters. The average Bonchev–Trinajstić information content (AvgIpc) is 3.27. The van der Waals surface area contributed by atoms with E-state index < -0.39 is 10.0 Å². The highest BCUT2D eigenvalue weighted by Gasteiger charge is 2.33. The second-order valence-electron chi connectivity index (χ2n) is 7.11. The Morgan fingerprint density at radius 1 is 1.10 bits per heavy atom. The molecule has 1 amide bonds. The lowest BCUT2D eigenvalue weighted by molar-refractivity contribution is 0.0759. The Bertz CT molecular complexity index is 1140. The van der Waals surface area contributed by atoms with Crippen LogP contribution in [0, 0.1) is 13.8 Å². The van der Waals surface area contributed by atoms with Crippen LogP contribution < -0.4 is 0 Å². The minimum atomic E-state index is -3.72. The molecule has 10 heteroatoms. The minimum absolute atomic E-state index is 0.120. The molecule has 1 aromatic carbocycles. The molecule has 0 N–H and O–H groups in total. The third kappa shape index (κ3) is 3.90. The van der Waals surface area contributed by atoms with Gasteiger partial charge in [0.1, 0.15) is 21.3 Å². The summed E-state index contributed by atoms with van der Waals surface area (Å²) in [5.74, 6) is 0.102. The number of aryl methyl sites for hydroxylation is 2. The molecular weight excluding hydrogens is 424 g/mol. The van der Waals surface area contributed by atoms with Crippen LogP contribution in [0.1, 0.15) is 28.4 Å². The molecule has 0 saturated carbocycles. The largest absolute Gasteiger partial charge is 0.360 e. The number of aromatic nitrogens is 2. The summed E-state index contributed by atoms with van der Waals surface area (Å²) >= 11 is 1.42. The van der Waals surface area contributed by atoms with Crippen molar-refractivity contribution in [1.82, 2.24) is 19.3 Å². The van der Waals surface area contributed by atoms with Crippen molar-refractivity contribution in [2.45, 2.75) is 25.2 Å². The Balaban J connectivity index is 1.48. The molecule has 8 nitrogen and oxygen atoms in total. The second-order valence-corrected chi connectivity index (χ2v) is 9.84. The Hall–Kier alpha value is -2.56.